The Hall–Kier alpha value is -2.45. The van der Waals surface area contributed by atoms with E-state index in [1.807, 2.05) is 0 Å². The van der Waals surface area contributed by atoms with Gasteiger partial charge in [-0.05, 0) is 31.2 Å². The first-order valence-electron chi connectivity index (χ1n) is 7.76. The van der Waals surface area contributed by atoms with Crippen molar-refractivity contribution in [2.45, 2.75) is 17.4 Å². The number of nitrogens with one attached hydrogen (secondary N) is 1. The van der Waals surface area contributed by atoms with Crippen LogP contribution in [-0.2, 0) is 20.2 Å². The van der Waals surface area contributed by atoms with E-state index in [-0.39, 0.29) is 22.1 Å². The predicted octanol–water partition coefficient (Wildman–Crippen LogP) is 3.17. The number of sulfone groups is 1. The molecule has 0 radical (unpaired) electrons. The second-order valence-corrected chi connectivity index (χ2v) is 8.52. The van der Waals surface area contributed by atoms with Gasteiger partial charge in [0.15, 0.2) is 15.4 Å². The summed E-state index contributed by atoms with van der Waals surface area (Å²) in [4.78, 5) is 12.1. The molecule has 2 rings (SSSR count). The van der Waals surface area contributed by atoms with Crippen molar-refractivity contribution in [1.29, 1.82) is 0 Å². The maximum atomic E-state index is 12.1. The molecule has 9 heteroatoms. The van der Waals surface area contributed by atoms with E-state index in [4.69, 9.17) is 21.1 Å². The van der Waals surface area contributed by atoms with Crippen LogP contribution in [0.5, 0.6) is 11.5 Å². The number of ether oxygens (including phenoxy) is 2. The summed E-state index contributed by atoms with van der Waals surface area (Å²) in [6.07, 6.45) is 1.06. The number of halogens is 1. The van der Waals surface area contributed by atoms with Gasteiger partial charge in [0.25, 0.3) is 0 Å². The number of carbonyl (C=O) groups is 1. The minimum atomic E-state index is -3.53. The maximum absolute atomic E-state index is 12.1. The number of methoxy groups -OCH3 is 2. The molecular formula is C18H20ClNO6S. The quantitative estimate of drug-likeness (QED) is 0.718. The lowest BCUT2D eigenvalue weighted by Crippen LogP contribution is -2.40. The fourth-order valence-electron chi connectivity index (χ4n) is 2.58. The third-order valence-electron chi connectivity index (χ3n) is 4.07. The smallest absolute Gasteiger partial charge is 0.333 e. The minimum absolute atomic E-state index is 0.000148. The Morgan fingerprint density at radius 3 is 2.33 bits per heavy atom. The largest absolute Gasteiger partial charge is 0.497 e. The van der Waals surface area contributed by atoms with Gasteiger partial charge in [-0.25, -0.2) is 13.2 Å². The first-order valence-corrected chi connectivity index (χ1v) is 10.0. The molecule has 0 amide bonds. The Labute approximate surface area is 162 Å². The standard InChI is InChI=1S/C18H20ClNO6S/c1-18(17(21)22,15-6-5-11(19)7-16(15)26-3)20-12-8-13(25-2)10-14(9-12)27(4,23)24/h5-10,20H,1-4H3,(H,21,22)/t18-/m0/s1. The van der Waals surface area contributed by atoms with Crippen molar-refractivity contribution >= 4 is 33.1 Å². The molecular weight excluding hydrogens is 394 g/mol. The Balaban J connectivity index is 2.62. The lowest BCUT2D eigenvalue weighted by Gasteiger charge is -2.29. The van der Waals surface area contributed by atoms with Gasteiger partial charge in [0.2, 0.25) is 0 Å². The molecule has 0 aliphatic rings. The Kier molecular flexibility index (Phi) is 5.91. The summed E-state index contributed by atoms with van der Waals surface area (Å²) >= 11 is 5.96. The zero-order valence-corrected chi connectivity index (χ0v) is 16.8. The molecule has 1 atom stereocenters. The molecule has 2 aromatic rings. The lowest BCUT2D eigenvalue weighted by atomic mass is 9.90. The van der Waals surface area contributed by atoms with Crippen LogP contribution < -0.4 is 14.8 Å². The molecule has 146 valence electrons. The highest BCUT2D eigenvalue weighted by atomic mass is 35.5. The number of carboxylic acid groups (broad SMARTS) is 1. The number of carboxylic acids is 1. The molecule has 7 nitrogen and oxygen atoms in total. The molecule has 0 spiro atoms. The fourth-order valence-corrected chi connectivity index (χ4v) is 3.41. The molecule has 0 aliphatic carbocycles. The van der Waals surface area contributed by atoms with Crippen LogP contribution in [-0.4, -0.2) is 40.0 Å². The van der Waals surface area contributed by atoms with Crippen LogP contribution >= 0.6 is 11.6 Å². The molecule has 0 saturated heterocycles. The van der Waals surface area contributed by atoms with Crippen LogP contribution in [0.2, 0.25) is 5.02 Å². The topological polar surface area (TPSA) is 102 Å². The number of aliphatic carboxylic acids is 1. The highest BCUT2D eigenvalue weighted by Crippen LogP contribution is 2.36. The molecule has 0 unspecified atom stereocenters. The van der Waals surface area contributed by atoms with E-state index >= 15 is 0 Å². The number of hydrogen-bond donors (Lipinski definition) is 2. The molecule has 0 fully saturated rings. The second kappa shape index (κ2) is 7.66. The zero-order chi connectivity index (χ0) is 20.4. The van der Waals surface area contributed by atoms with E-state index in [9.17, 15) is 18.3 Å². The maximum Gasteiger partial charge on any atom is 0.333 e. The van der Waals surface area contributed by atoms with E-state index in [0.717, 1.165) is 6.26 Å². The van der Waals surface area contributed by atoms with Gasteiger partial charge >= 0.3 is 5.97 Å². The highest BCUT2D eigenvalue weighted by molar-refractivity contribution is 7.90. The molecule has 0 bridgehead atoms. The van der Waals surface area contributed by atoms with E-state index < -0.39 is 21.3 Å². The van der Waals surface area contributed by atoms with Gasteiger partial charge in [0.1, 0.15) is 11.5 Å². The van der Waals surface area contributed by atoms with Crippen molar-refractivity contribution in [1.82, 2.24) is 0 Å². The van der Waals surface area contributed by atoms with Crippen LogP contribution in [0.15, 0.2) is 41.3 Å². The molecule has 27 heavy (non-hydrogen) atoms. The molecule has 0 aliphatic heterocycles. The van der Waals surface area contributed by atoms with Crippen molar-refractivity contribution in [2.75, 3.05) is 25.8 Å². The number of anilines is 1. The van der Waals surface area contributed by atoms with Gasteiger partial charge in [-0.1, -0.05) is 17.7 Å². The summed E-state index contributed by atoms with van der Waals surface area (Å²) in [6, 6.07) is 8.82. The normalized spacial score (nSPS) is 13.5. The Morgan fingerprint density at radius 1 is 1.15 bits per heavy atom. The number of benzene rings is 2. The summed E-state index contributed by atoms with van der Waals surface area (Å²) < 4.78 is 34.3. The van der Waals surface area contributed by atoms with Gasteiger partial charge in [-0.3, -0.25) is 0 Å². The average Bonchev–Trinajstić information content (AvgIpc) is 2.60. The lowest BCUT2D eigenvalue weighted by molar-refractivity contribution is -0.142. The first kappa shape index (κ1) is 20.9. The third-order valence-corrected chi connectivity index (χ3v) is 5.40. The van der Waals surface area contributed by atoms with Crippen LogP contribution in [0.4, 0.5) is 5.69 Å². The van der Waals surface area contributed by atoms with E-state index in [1.165, 1.54) is 45.4 Å². The second-order valence-electron chi connectivity index (χ2n) is 6.07. The van der Waals surface area contributed by atoms with Crippen LogP contribution in [0.25, 0.3) is 0 Å². The third kappa shape index (κ3) is 4.45. The average molecular weight is 414 g/mol. The van der Waals surface area contributed by atoms with E-state index in [1.54, 1.807) is 12.1 Å². The molecule has 2 N–H and O–H groups in total. The van der Waals surface area contributed by atoms with Gasteiger partial charge in [0.05, 0.1) is 19.1 Å². The van der Waals surface area contributed by atoms with Crippen molar-refractivity contribution < 1.29 is 27.8 Å². The van der Waals surface area contributed by atoms with Crippen molar-refractivity contribution in [3.63, 3.8) is 0 Å². The Bertz CT molecular complexity index is 976. The van der Waals surface area contributed by atoms with Gasteiger partial charge in [0, 0.05) is 28.6 Å². The molecule has 2 aromatic carbocycles. The monoisotopic (exact) mass is 413 g/mol. The molecule has 0 saturated carbocycles. The first-order chi connectivity index (χ1) is 12.5. The number of rotatable bonds is 7. The fraction of sp³-hybridized carbons (Fsp3) is 0.278. The summed E-state index contributed by atoms with van der Waals surface area (Å²) in [6.45, 7) is 1.45. The summed E-state index contributed by atoms with van der Waals surface area (Å²) in [7, 11) is -0.726. The van der Waals surface area contributed by atoms with Gasteiger partial charge in [-0.2, -0.15) is 0 Å². The van der Waals surface area contributed by atoms with Crippen LogP contribution in [0.1, 0.15) is 12.5 Å². The van der Waals surface area contributed by atoms with Crippen molar-refractivity contribution in [3.8, 4) is 11.5 Å². The van der Waals surface area contributed by atoms with E-state index in [0.29, 0.717) is 10.6 Å². The molecule has 0 aromatic heterocycles. The van der Waals surface area contributed by atoms with Crippen LogP contribution in [0.3, 0.4) is 0 Å². The highest BCUT2D eigenvalue weighted by Gasteiger charge is 2.38. The number of hydrogen-bond acceptors (Lipinski definition) is 6. The Morgan fingerprint density at radius 2 is 1.81 bits per heavy atom. The van der Waals surface area contributed by atoms with Crippen LogP contribution in [0, 0.1) is 0 Å². The summed E-state index contributed by atoms with van der Waals surface area (Å²) in [5.41, 5.74) is -1.04. The van der Waals surface area contributed by atoms with E-state index in [2.05, 4.69) is 5.32 Å². The minimum Gasteiger partial charge on any atom is -0.497 e. The van der Waals surface area contributed by atoms with Crippen molar-refractivity contribution in [2.24, 2.45) is 0 Å². The summed E-state index contributed by atoms with van der Waals surface area (Å²) in [5.74, 6) is -0.630. The zero-order valence-electron chi connectivity index (χ0n) is 15.2. The van der Waals surface area contributed by atoms with Crippen molar-refractivity contribution in [3.05, 3.63) is 47.0 Å². The summed E-state index contributed by atoms with van der Waals surface area (Å²) in [5, 5.41) is 13.2. The van der Waals surface area contributed by atoms with Gasteiger partial charge < -0.3 is 19.9 Å². The van der Waals surface area contributed by atoms with Gasteiger partial charge in [-0.15, -0.1) is 0 Å². The predicted molar refractivity (Wildman–Crippen MR) is 103 cm³/mol. The molecule has 0 heterocycles. The SMILES string of the molecule is COc1cc(N[C@](C)(C(=O)O)c2ccc(Cl)cc2OC)cc(S(C)(=O)=O)c1.